The molecule has 1 aromatic carbocycles. The smallest absolute Gasteiger partial charge is 0.224 e. The molecule has 0 unspecified atom stereocenters. The molecule has 116 valence electrons. The summed E-state index contributed by atoms with van der Waals surface area (Å²) in [5.74, 6) is 1.36. The van der Waals surface area contributed by atoms with Crippen LogP contribution in [0.5, 0.6) is 0 Å². The molecule has 1 fully saturated rings. The number of benzene rings is 1. The minimum atomic E-state index is 0.475. The Morgan fingerprint density at radius 3 is 2.64 bits per heavy atom. The van der Waals surface area contributed by atoms with Gasteiger partial charge in [-0.1, -0.05) is 42.5 Å². The Morgan fingerprint density at radius 1 is 1.05 bits per heavy atom. The lowest BCUT2D eigenvalue weighted by Gasteiger charge is -2.22. The van der Waals surface area contributed by atoms with Crippen LogP contribution in [0, 0.1) is 0 Å². The first-order valence-corrected chi connectivity index (χ1v) is 8.28. The molecule has 0 bridgehead atoms. The number of nitrogens with zero attached hydrogens (tertiary/aromatic N) is 2. The first-order chi connectivity index (χ1) is 10.7. The molecule has 6 heteroatoms. The van der Waals surface area contributed by atoms with E-state index in [-0.39, 0.29) is 0 Å². The zero-order valence-corrected chi connectivity index (χ0v) is 13.7. The highest BCUT2D eigenvalue weighted by Crippen LogP contribution is 2.28. The Bertz CT molecular complexity index is 642. The van der Waals surface area contributed by atoms with Crippen LogP contribution in [0.4, 0.5) is 17.5 Å². The second-order valence-corrected chi connectivity index (χ2v) is 6.34. The number of rotatable bonds is 4. The number of aromatic nitrogens is 2. The minimum Gasteiger partial charge on any atom is -0.351 e. The van der Waals surface area contributed by atoms with Gasteiger partial charge in [0.1, 0.15) is 5.82 Å². The van der Waals surface area contributed by atoms with Crippen LogP contribution in [-0.4, -0.2) is 16.0 Å². The van der Waals surface area contributed by atoms with Gasteiger partial charge in [0.25, 0.3) is 0 Å². The van der Waals surface area contributed by atoms with Gasteiger partial charge >= 0.3 is 0 Å². The highest BCUT2D eigenvalue weighted by molar-refractivity contribution is 6.36. The van der Waals surface area contributed by atoms with E-state index < -0.39 is 0 Å². The van der Waals surface area contributed by atoms with Crippen LogP contribution >= 0.6 is 23.2 Å². The molecule has 0 radical (unpaired) electrons. The van der Waals surface area contributed by atoms with Crippen LogP contribution in [0.1, 0.15) is 32.1 Å². The van der Waals surface area contributed by atoms with E-state index in [1.807, 2.05) is 12.1 Å². The van der Waals surface area contributed by atoms with E-state index >= 15 is 0 Å². The first-order valence-electron chi connectivity index (χ1n) is 7.52. The van der Waals surface area contributed by atoms with Gasteiger partial charge in [0.15, 0.2) is 0 Å². The average Bonchev–Trinajstić information content (AvgIpc) is 2.52. The molecule has 1 aromatic heterocycles. The fraction of sp³-hybridized carbons (Fsp3) is 0.375. The summed E-state index contributed by atoms with van der Waals surface area (Å²) >= 11 is 12.1. The van der Waals surface area contributed by atoms with Gasteiger partial charge < -0.3 is 10.6 Å². The molecule has 0 spiro atoms. The zero-order valence-electron chi connectivity index (χ0n) is 12.1. The van der Waals surface area contributed by atoms with Gasteiger partial charge in [-0.2, -0.15) is 4.98 Å². The third kappa shape index (κ3) is 4.02. The van der Waals surface area contributed by atoms with Crippen LogP contribution in [-0.2, 0) is 0 Å². The molecule has 4 nitrogen and oxygen atoms in total. The Balaban J connectivity index is 1.70. The lowest BCUT2D eigenvalue weighted by Crippen LogP contribution is -2.23. The van der Waals surface area contributed by atoms with E-state index in [0.717, 1.165) is 5.69 Å². The molecule has 2 N–H and O–H groups in total. The molecule has 1 heterocycles. The van der Waals surface area contributed by atoms with Crippen LogP contribution in [0.15, 0.2) is 30.5 Å². The molecule has 0 atom stereocenters. The van der Waals surface area contributed by atoms with Gasteiger partial charge in [-0.15, -0.1) is 0 Å². The van der Waals surface area contributed by atoms with Crippen LogP contribution in [0.2, 0.25) is 10.0 Å². The van der Waals surface area contributed by atoms with Crippen molar-refractivity contribution in [3.63, 3.8) is 0 Å². The second-order valence-electron chi connectivity index (χ2n) is 5.49. The summed E-state index contributed by atoms with van der Waals surface area (Å²) in [5.41, 5.74) is 0.772. The van der Waals surface area contributed by atoms with E-state index in [1.165, 1.54) is 32.1 Å². The Labute approximate surface area is 140 Å². The highest BCUT2D eigenvalue weighted by Gasteiger charge is 2.14. The van der Waals surface area contributed by atoms with E-state index in [1.54, 1.807) is 18.3 Å². The number of nitrogens with one attached hydrogen (secondary N) is 2. The quantitative estimate of drug-likeness (QED) is 0.798. The fourth-order valence-electron chi connectivity index (χ4n) is 2.66. The van der Waals surface area contributed by atoms with Crippen molar-refractivity contribution in [3.8, 4) is 0 Å². The van der Waals surface area contributed by atoms with Crippen molar-refractivity contribution in [1.82, 2.24) is 9.97 Å². The molecule has 0 aliphatic heterocycles. The van der Waals surface area contributed by atoms with Crippen molar-refractivity contribution in [3.05, 3.63) is 40.5 Å². The van der Waals surface area contributed by atoms with Gasteiger partial charge in [0, 0.05) is 17.3 Å². The van der Waals surface area contributed by atoms with Crippen LogP contribution in [0.3, 0.4) is 0 Å². The van der Waals surface area contributed by atoms with Crippen molar-refractivity contribution in [2.75, 3.05) is 10.6 Å². The second kappa shape index (κ2) is 7.16. The predicted molar refractivity (Wildman–Crippen MR) is 92.3 cm³/mol. The summed E-state index contributed by atoms with van der Waals surface area (Å²) in [7, 11) is 0. The summed E-state index contributed by atoms with van der Waals surface area (Å²) in [4.78, 5) is 8.80. The average molecular weight is 337 g/mol. The zero-order chi connectivity index (χ0) is 15.4. The van der Waals surface area contributed by atoms with Crippen molar-refractivity contribution < 1.29 is 0 Å². The molecule has 1 saturated carbocycles. The predicted octanol–water partition coefficient (Wildman–Crippen LogP) is 5.27. The largest absolute Gasteiger partial charge is 0.351 e. The summed E-state index contributed by atoms with van der Waals surface area (Å²) < 4.78 is 0. The number of anilines is 3. The monoisotopic (exact) mass is 336 g/mol. The van der Waals surface area contributed by atoms with Gasteiger partial charge in [0.2, 0.25) is 5.95 Å². The number of hydrogen-bond donors (Lipinski definition) is 2. The number of hydrogen-bond acceptors (Lipinski definition) is 4. The van der Waals surface area contributed by atoms with Crippen LogP contribution < -0.4 is 10.6 Å². The molecule has 1 aliphatic carbocycles. The summed E-state index contributed by atoms with van der Waals surface area (Å²) in [6.45, 7) is 0. The molecular weight excluding hydrogens is 319 g/mol. The molecule has 0 saturated heterocycles. The molecule has 22 heavy (non-hydrogen) atoms. The molecule has 2 aromatic rings. The summed E-state index contributed by atoms with van der Waals surface area (Å²) in [5, 5.41) is 7.78. The van der Waals surface area contributed by atoms with Crippen molar-refractivity contribution in [2.45, 2.75) is 38.1 Å². The topological polar surface area (TPSA) is 49.8 Å². The van der Waals surface area contributed by atoms with Crippen LogP contribution in [0.25, 0.3) is 0 Å². The number of halogens is 2. The highest BCUT2D eigenvalue weighted by atomic mass is 35.5. The maximum absolute atomic E-state index is 6.17. The third-order valence-electron chi connectivity index (χ3n) is 3.79. The molecule has 0 amide bonds. The lowest BCUT2D eigenvalue weighted by molar-refractivity contribution is 0.461. The van der Waals surface area contributed by atoms with Gasteiger partial charge in [0.05, 0.1) is 10.7 Å². The summed E-state index contributed by atoms with van der Waals surface area (Å²) in [6.07, 6.45) is 7.99. The fourth-order valence-corrected chi connectivity index (χ4v) is 3.11. The van der Waals surface area contributed by atoms with Gasteiger partial charge in [-0.25, -0.2) is 4.98 Å². The molecular formula is C16H18Cl2N4. The van der Waals surface area contributed by atoms with E-state index in [9.17, 15) is 0 Å². The summed E-state index contributed by atoms with van der Waals surface area (Å²) in [6, 6.07) is 7.62. The van der Waals surface area contributed by atoms with E-state index in [4.69, 9.17) is 23.2 Å². The Hall–Kier alpha value is -1.52. The lowest BCUT2D eigenvalue weighted by atomic mass is 9.96. The van der Waals surface area contributed by atoms with E-state index in [0.29, 0.717) is 27.9 Å². The Morgan fingerprint density at radius 2 is 1.86 bits per heavy atom. The van der Waals surface area contributed by atoms with Crippen molar-refractivity contribution >= 4 is 40.7 Å². The molecule has 1 aliphatic rings. The normalized spacial score (nSPS) is 15.5. The van der Waals surface area contributed by atoms with Gasteiger partial charge in [-0.05, 0) is 37.1 Å². The minimum absolute atomic E-state index is 0.475. The first kappa shape index (κ1) is 15.4. The maximum atomic E-state index is 6.17. The van der Waals surface area contributed by atoms with Crippen molar-refractivity contribution in [2.24, 2.45) is 0 Å². The van der Waals surface area contributed by atoms with Crippen molar-refractivity contribution in [1.29, 1.82) is 0 Å². The standard InChI is InChI=1S/C16H18Cl2N4/c17-11-6-7-14(13(18)10-11)21-15-8-9-19-16(22-15)20-12-4-2-1-3-5-12/h6-10,12H,1-5H2,(H2,19,20,21,22). The SMILES string of the molecule is Clc1ccc(Nc2ccnc(NC3CCCCC3)n2)c(Cl)c1. The third-order valence-corrected chi connectivity index (χ3v) is 4.34. The molecule has 3 rings (SSSR count). The maximum Gasteiger partial charge on any atom is 0.224 e. The van der Waals surface area contributed by atoms with E-state index in [2.05, 4.69) is 20.6 Å². The Kier molecular flexibility index (Phi) is 5.01. The van der Waals surface area contributed by atoms with Gasteiger partial charge in [-0.3, -0.25) is 0 Å².